The van der Waals surface area contributed by atoms with E-state index in [9.17, 15) is 4.79 Å². The van der Waals surface area contributed by atoms with Gasteiger partial charge in [0.15, 0.2) is 0 Å². The van der Waals surface area contributed by atoms with E-state index in [4.69, 9.17) is 5.26 Å². The summed E-state index contributed by atoms with van der Waals surface area (Å²) in [7, 11) is 0. The quantitative estimate of drug-likeness (QED) is 0.390. The number of rotatable bonds is 5. The van der Waals surface area contributed by atoms with Crippen LogP contribution in [0.5, 0.6) is 0 Å². The van der Waals surface area contributed by atoms with Crippen LogP contribution in [0.3, 0.4) is 0 Å². The Labute approximate surface area is 217 Å². The lowest BCUT2D eigenvalue weighted by atomic mass is 10.0. The molecule has 8 heteroatoms. The predicted molar refractivity (Wildman–Crippen MR) is 142 cm³/mol. The lowest BCUT2D eigenvalue weighted by Gasteiger charge is -2.35. The second-order valence-corrected chi connectivity index (χ2v) is 8.42. The molecule has 0 unspecified atom stereocenters. The molecule has 1 aliphatic rings. The van der Waals surface area contributed by atoms with Gasteiger partial charge in [0.05, 0.1) is 23.7 Å². The van der Waals surface area contributed by atoms with E-state index in [2.05, 4.69) is 20.5 Å². The minimum Gasteiger partial charge on any atom is -0.336 e. The normalized spacial score (nSPS) is 13.5. The average molecular weight is 508 g/mol. The molecule has 5 rings (SSSR count). The zero-order valence-electron chi connectivity index (χ0n) is 19.2. The molecule has 3 aromatic carbocycles. The summed E-state index contributed by atoms with van der Waals surface area (Å²) in [4.78, 5) is 21.9. The number of halogens is 2. The van der Waals surface area contributed by atoms with Gasteiger partial charge in [0.25, 0.3) is 5.91 Å². The summed E-state index contributed by atoms with van der Waals surface area (Å²) in [6.07, 6.45) is 3.77. The van der Waals surface area contributed by atoms with E-state index >= 15 is 0 Å². The van der Waals surface area contributed by atoms with E-state index in [1.807, 2.05) is 84.2 Å². The zero-order chi connectivity index (χ0) is 22.6. The van der Waals surface area contributed by atoms with Crippen LogP contribution in [-0.4, -0.2) is 51.4 Å². The largest absolute Gasteiger partial charge is 0.336 e. The van der Waals surface area contributed by atoms with Crippen LogP contribution in [0.4, 0.5) is 0 Å². The standard InChI is InChI=1S/C27H25N5O.2ClH/c28-16-21-8-10-22(11-9-21)18-32-20-29-17-24(32)19-30-12-14-31(15-13-30)27(33)26-7-3-5-23-4-1-2-6-25(23)26;;/h1-11,17,20H,12-15,18-19H2;2*1H. The van der Waals surface area contributed by atoms with Crippen LogP contribution in [-0.2, 0) is 13.1 Å². The van der Waals surface area contributed by atoms with E-state index in [1.165, 1.54) is 0 Å². The highest BCUT2D eigenvalue weighted by molar-refractivity contribution is 6.07. The van der Waals surface area contributed by atoms with Crippen molar-refractivity contribution >= 4 is 41.5 Å². The SMILES string of the molecule is Cl.Cl.N#Cc1ccc(Cn2cncc2CN2CCN(C(=O)c3cccc4ccccc34)CC2)cc1. The first-order valence-corrected chi connectivity index (χ1v) is 11.2. The van der Waals surface area contributed by atoms with Crippen molar-refractivity contribution in [3.63, 3.8) is 0 Å². The summed E-state index contributed by atoms with van der Waals surface area (Å²) < 4.78 is 2.15. The maximum Gasteiger partial charge on any atom is 0.254 e. The molecule has 0 radical (unpaired) electrons. The fraction of sp³-hybridized carbons (Fsp3) is 0.222. The van der Waals surface area contributed by atoms with Gasteiger partial charge in [-0.15, -0.1) is 24.8 Å². The number of nitriles is 1. The fourth-order valence-corrected chi connectivity index (χ4v) is 4.42. The van der Waals surface area contributed by atoms with E-state index in [0.29, 0.717) is 18.7 Å². The maximum atomic E-state index is 13.2. The lowest BCUT2D eigenvalue weighted by Crippen LogP contribution is -2.48. The van der Waals surface area contributed by atoms with Gasteiger partial charge in [-0.05, 0) is 34.5 Å². The molecular weight excluding hydrogens is 481 g/mol. The number of fused-ring (bicyclic) bond motifs is 1. The summed E-state index contributed by atoms with van der Waals surface area (Å²) in [5.41, 5.74) is 3.73. The molecule has 1 fully saturated rings. The van der Waals surface area contributed by atoms with Gasteiger partial charge in [0.1, 0.15) is 0 Å². The van der Waals surface area contributed by atoms with Gasteiger partial charge in [-0.25, -0.2) is 4.98 Å². The topological polar surface area (TPSA) is 65.2 Å². The van der Waals surface area contributed by atoms with Crippen LogP contribution >= 0.6 is 24.8 Å². The third kappa shape index (κ3) is 5.83. The Bertz CT molecular complexity index is 1320. The number of nitrogens with zero attached hydrogens (tertiary/aromatic N) is 5. The molecular formula is C27H27Cl2N5O. The minimum absolute atomic E-state index is 0. The fourth-order valence-electron chi connectivity index (χ4n) is 4.42. The molecule has 1 aromatic heterocycles. The molecule has 0 saturated carbocycles. The molecule has 0 atom stereocenters. The second-order valence-electron chi connectivity index (χ2n) is 8.42. The van der Waals surface area contributed by atoms with Gasteiger partial charge in [-0.2, -0.15) is 5.26 Å². The Morgan fingerprint density at radius 3 is 2.34 bits per heavy atom. The first kappa shape index (κ1) is 26.2. The van der Waals surface area contributed by atoms with Crippen molar-refractivity contribution in [1.29, 1.82) is 5.26 Å². The van der Waals surface area contributed by atoms with Gasteiger partial charge in [-0.3, -0.25) is 9.69 Å². The molecule has 0 aliphatic carbocycles. The highest BCUT2D eigenvalue weighted by Gasteiger charge is 2.23. The first-order chi connectivity index (χ1) is 16.2. The third-order valence-electron chi connectivity index (χ3n) is 6.30. The third-order valence-corrected chi connectivity index (χ3v) is 6.30. The summed E-state index contributed by atoms with van der Waals surface area (Å²) >= 11 is 0. The van der Waals surface area contributed by atoms with Gasteiger partial charge < -0.3 is 9.47 Å². The van der Waals surface area contributed by atoms with E-state index in [-0.39, 0.29) is 30.7 Å². The molecule has 6 nitrogen and oxygen atoms in total. The van der Waals surface area contributed by atoms with Crippen LogP contribution in [0.15, 0.2) is 79.3 Å². The molecule has 2 heterocycles. The first-order valence-electron chi connectivity index (χ1n) is 11.2. The maximum absolute atomic E-state index is 13.2. The summed E-state index contributed by atoms with van der Waals surface area (Å²) in [6.45, 7) is 4.61. The van der Waals surface area contributed by atoms with Crippen LogP contribution in [0.25, 0.3) is 10.8 Å². The lowest BCUT2D eigenvalue weighted by molar-refractivity contribution is 0.0627. The highest BCUT2D eigenvalue weighted by atomic mass is 35.5. The van der Waals surface area contributed by atoms with Gasteiger partial charge >= 0.3 is 0 Å². The molecule has 1 aliphatic heterocycles. The monoisotopic (exact) mass is 507 g/mol. The number of hydrogen-bond donors (Lipinski definition) is 0. The van der Waals surface area contributed by atoms with Gasteiger partial charge in [0, 0.05) is 51.0 Å². The number of benzene rings is 3. The van der Waals surface area contributed by atoms with Gasteiger partial charge in [-0.1, -0.05) is 48.5 Å². The van der Waals surface area contributed by atoms with Crippen molar-refractivity contribution in [2.75, 3.05) is 26.2 Å². The molecule has 0 bridgehead atoms. The molecule has 1 amide bonds. The number of piperazine rings is 1. The minimum atomic E-state index is 0. The van der Waals surface area contributed by atoms with Crippen LogP contribution in [0.2, 0.25) is 0 Å². The molecule has 1 saturated heterocycles. The molecule has 35 heavy (non-hydrogen) atoms. The zero-order valence-corrected chi connectivity index (χ0v) is 20.8. The summed E-state index contributed by atoms with van der Waals surface area (Å²) in [5, 5.41) is 11.1. The van der Waals surface area contributed by atoms with Crippen molar-refractivity contribution in [2.24, 2.45) is 0 Å². The Kier molecular flexibility index (Phi) is 8.89. The van der Waals surface area contributed by atoms with Crippen molar-refractivity contribution < 1.29 is 4.79 Å². The van der Waals surface area contributed by atoms with Crippen LogP contribution in [0.1, 0.15) is 27.2 Å². The number of carbonyl (C=O) groups is 1. The Hall–Kier alpha value is -3.37. The molecule has 0 N–H and O–H groups in total. The van der Waals surface area contributed by atoms with Crippen LogP contribution in [0, 0.1) is 11.3 Å². The smallest absolute Gasteiger partial charge is 0.254 e. The van der Waals surface area contributed by atoms with Gasteiger partial charge in [0.2, 0.25) is 0 Å². The Morgan fingerprint density at radius 1 is 0.886 bits per heavy atom. The summed E-state index contributed by atoms with van der Waals surface area (Å²) in [5.74, 6) is 0.109. The Morgan fingerprint density at radius 2 is 1.60 bits per heavy atom. The van der Waals surface area contributed by atoms with E-state index < -0.39 is 0 Å². The van der Waals surface area contributed by atoms with Crippen molar-refractivity contribution in [3.8, 4) is 6.07 Å². The van der Waals surface area contributed by atoms with Crippen molar-refractivity contribution in [3.05, 3.63) is 102 Å². The van der Waals surface area contributed by atoms with Crippen molar-refractivity contribution in [1.82, 2.24) is 19.4 Å². The number of carbonyl (C=O) groups excluding carboxylic acids is 1. The van der Waals surface area contributed by atoms with Crippen LogP contribution < -0.4 is 0 Å². The Balaban J connectivity index is 0.00000171. The highest BCUT2D eigenvalue weighted by Crippen LogP contribution is 2.21. The number of imidazole rings is 1. The number of hydrogen-bond acceptors (Lipinski definition) is 4. The average Bonchev–Trinajstić information content (AvgIpc) is 3.30. The predicted octanol–water partition coefficient (Wildman–Crippen LogP) is 4.76. The van der Waals surface area contributed by atoms with E-state index in [1.54, 1.807) is 0 Å². The molecule has 4 aromatic rings. The number of aromatic nitrogens is 2. The summed E-state index contributed by atoms with van der Waals surface area (Å²) in [6, 6.07) is 23.8. The van der Waals surface area contributed by atoms with Crippen molar-refractivity contribution in [2.45, 2.75) is 13.1 Å². The second kappa shape index (κ2) is 11.9. The number of amides is 1. The molecule has 180 valence electrons. The van der Waals surface area contributed by atoms with E-state index in [0.717, 1.165) is 53.8 Å². The molecule has 0 spiro atoms.